The molecule has 27 heavy (non-hydrogen) atoms. The molecule has 0 spiro atoms. The van der Waals surface area contributed by atoms with Gasteiger partial charge in [-0.2, -0.15) is 13.2 Å². The molecule has 0 atom stereocenters. The second kappa shape index (κ2) is 6.75. The lowest BCUT2D eigenvalue weighted by molar-refractivity contribution is -0.141. The Morgan fingerprint density at radius 2 is 1.63 bits per heavy atom. The minimum atomic E-state index is -4.95. The van der Waals surface area contributed by atoms with Gasteiger partial charge >= 0.3 is 6.18 Å². The molecule has 0 fully saturated rings. The van der Waals surface area contributed by atoms with Crippen molar-refractivity contribution < 1.29 is 26.7 Å². The molecule has 1 aromatic heterocycles. The van der Waals surface area contributed by atoms with Crippen molar-refractivity contribution in [1.29, 1.82) is 0 Å². The van der Waals surface area contributed by atoms with Gasteiger partial charge in [0.1, 0.15) is 0 Å². The molecule has 0 aliphatic carbocycles. The zero-order chi connectivity index (χ0) is 19.8. The molecule has 1 heterocycles. The fourth-order valence-electron chi connectivity index (χ4n) is 2.52. The second-order valence-electron chi connectivity index (χ2n) is 5.49. The van der Waals surface area contributed by atoms with Crippen LogP contribution < -0.4 is 5.73 Å². The highest BCUT2D eigenvalue weighted by Crippen LogP contribution is 2.35. The van der Waals surface area contributed by atoms with Gasteiger partial charge in [-0.1, -0.05) is 30.3 Å². The summed E-state index contributed by atoms with van der Waals surface area (Å²) < 4.78 is 66.4. The average molecular weight is 379 g/mol. The van der Waals surface area contributed by atoms with Crippen LogP contribution >= 0.6 is 0 Å². The molecule has 3 aromatic rings. The summed E-state index contributed by atoms with van der Waals surface area (Å²) >= 11 is 0. The Labute approximate surface area is 149 Å². The van der Waals surface area contributed by atoms with Crippen LogP contribution in [0.4, 0.5) is 22.0 Å². The van der Waals surface area contributed by atoms with E-state index in [1.54, 1.807) is 6.07 Å². The van der Waals surface area contributed by atoms with Gasteiger partial charge in [0, 0.05) is 5.56 Å². The maximum absolute atomic E-state index is 13.6. The predicted octanol–water partition coefficient (Wildman–Crippen LogP) is 4.21. The van der Waals surface area contributed by atoms with Crippen molar-refractivity contribution >= 4 is 5.91 Å². The Balaban J connectivity index is 2.21. The van der Waals surface area contributed by atoms with Crippen molar-refractivity contribution in [3.05, 3.63) is 71.7 Å². The first-order valence-electron chi connectivity index (χ1n) is 7.47. The van der Waals surface area contributed by atoms with Crippen molar-refractivity contribution in [2.75, 3.05) is 0 Å². The van der Waals surface area contributed by atoms with E-state index >= 15 is 0 Å². The van der Waals surface area contributed by atoms with Crippen LogP contribution in [0.1, 0.15) is 16.2 Å². The number of hydrogen-bond acceptors (Lipinski definition) is 3. The summed E-state index contributed by atoms with van der Waals surface area (Å²) in [7, 11) is 0. The summed E-state index contributed by atoms with van der Waals surface area (Å²) in [6, 6.07) is 9.19. The van der Waals surface area contributed by atoms with Gasteiger partial charge in [0.25, 0.3) is 5.91 Å². The van der Waals surface area contributed by atoms with Gasteiger partial charge in [0.2, 0.25) is 0 Å². The van der Waals surface area contributed by atoms with Crippen molar-refractivity contribution in [2.45, 2.75) is 6.18 Å². The van der Waals surface area contributed by atoms with Gasteiger partial charge in [-0.25, -0.2) is 18.7 Å². The lowest BCUT2D eigenvalue weighted by atomic mass is 9.97. The lowest BCUT2D eigenvalue weighted by Gasteiger charge is -2.13. The van der Waals surface area contributed by atoms with Gasteiger partial charge in [-0.15, -0.1) is 0 Å². The minimum Gasteiger partial charge on any atom is -0.364 e. The third-order valence-electron chi connectivity index (χ3n) is 3.71. The summed E-state index contributed by atoms with van der Waals surface area (Å²) in [6.07, 6.45) is -3.99. The molecular weight excluding hydrogens is 369 g/mol. The van der Waals surface area contributed by atoms with E-state index in [1.807, 2.05) is 0 Å². The van der Waals surface area contributed by atoms with Crippen LogP contribution in [0.5, 0.6) is 0 Å². The van der Waals surface area contributed by atoms with Gasteiger partial charge in [-0.05, 0) is 23.3 Å². The monoisotopic (exact) mass is 379 g/mol. The number of hydrogen-bond donors (Lipinski definition) is 1. The topological polar surface area (TPSA) is 68.9 Å². The highest BCUT2D eigenvalue weighted by atomic mass is 19.4. The summed E-state index contributed by atoms with van der Waals surface area (Å²) in [6.45, 7) is 0. The molecule has 2 N–H and O–H groups in total. The number of carbonyl (C=O) groups excluding carboxylic acids is 1. The van der Waals surface area contributed by atoms with E-state index in [2.05, 4.69) is 9.97 Å². The fraction of sp³-hybridized carbons (Fsp3) is 0.0556. The summed E-state index contributed by atoms with van der Waals surface area (Å²) in [5, 5.41) is 0. The molecule has 1 amide bonds. The Morgan fingerprint density at radius 1 is 0.963 bits per heavy atom. The number of halogens is 5. The molecule has 0 saturated carbocycles. The van der Waals surface area contributed by atoms with Gasteiger partial charge in [0.15, 0.2) is 23.0 Å². The number of benzene rings is 2. The van der Waals surface area contributed by atoms with E-state index in [0.29, 0.717) is 5.56 Å². The molecule has 0 bridgehead atoms. The lowest BCUT2D eigenvalue weighted by Crippen LogP contribution is -2.22. The van der Waals surface area contributed by atoms with Crippen molar-refractivity contribution in [3.8, 4) is 22.4 Å². The maximum Gasteiger partial charge on any atom is 0.435 e. The molecule has 4 nitrogen and oxygen atoms in total. The first-order valence-corrected chi connectivity index (χ1v) is 7.47. The zero-order valence-electron chi connectivity index (χ0n) is 13.4. The van der Waals surface area contributed by atoms with E-state index in [9.17, 15) is 26.7 Å². The van der Waals surface area contributed by atoms with E-state index in [-0.39, 0.29) is 16.8 Å². The summed E-state index contributed by atoms with van der Waals surface area (Å²) in [5.74, 6) is -3.52. The predicted molar refractivity (Wildman–Crippen MR) is 86.3 cm³/mol. The number of nitrogens with zero attached hydrogens (tertiary/aromatic N) is 2. The number of aromatic nitrogens is 2. The third-order valence-corrected chi connectivity index (χ3v) is 3.71. The molecule has 3 rings (SSSR count). The normalized spacial score (nSPS) is 11.4. The molecule has 0 aliphatic rings. The van der Waals surface area contributed by atoms with E-state index in [0.717, 1.165) is 18.3 Å². The SMILES string of the molecule is NC(=O)c1ncc(-c2ccccc2-c2ccc(F)c(F)c2)nc1C(F)(F)F. The van der Waals surface area contributed by atoms with E-state index in [1.165, 1.54) is 24.3 Å². The van der Waals surface area contributed by atoms with Gasteiger partial charge < -0.3 is 5.73 Å². The average Bonchev–Trinajstić information content (AvgIpc) is 2.63. The Bertz CT molecular complexity index is 1030. The first kappa shape index (κ1) is 18.4. The summed E-state index contributed by atoms with van der Waals surface area (Å²) in [5.41, 5.74) is 2.95. The van der Waals surface area contributed by atoms with Crippen molar-refractivity contribution in [2.24, 2.45) is 5.73 Å². The van der Waals surface area contributed by atoms with E-state index < -0.39 is 35.1 Å². The van der Waals surface area contributed by atoms with Crippen molar-refractivity contribution in [1.82, 2.24) is 9.97 Å². The van der Waals surface area contributed by atoms with E-state index in [4.69, 9.17) is 5.73 Å². The minimum absolute atomic E-state index is 0.192. The first-order chi connectivity index (χ1) is 12.7. The second-order valence-corrected chi connectivity index (χ2v) is 5.49. The highest BCUT2D eigenvalue weighted by molar-refractivity contribution is 5.92. The van der Waals surface area contributed by atoms with Gasteiger partial charge in [0.05, 0.1) is 11.9 Å². The Hall–Kier alpha value is -3.36. The van der Waals surface area contributed by atoms with Crippen LogP contribution in [0.3, 0.4) is 0 Å². The van der Waals surface area contributed by atoms with Crippen LogP contribution in [0.15, 0.2) is 48.7 Å². The summed E-state index contributed by atoms with van der Waals surface area (Å²) in [4.78, 5) is 18.2. The molecule has 0 radical (unpaired) electrons. The number of primary amides is 1. The van der Waals surface area contributed by atoms with Crippen LogP contribution in [0.2, 0.25) is 0 Å². The van der Waals surface area contributed by atoms with Crippen LogP contribution in [0, 0.1) is 11.6 Å². The smallest absolute Gasteiger partial charge is 0.364 e. The largest absolute Gasteiger partial charge is 0.435 e. The van der Waals surface area contributed by atoms with Crippen LogP contribution in [0.25, 0.3) is 22.4 Å². The molecule has 0 aliphatic heterocycles. The molecular formula is C18H10F5N3O. The third kappa shape index (κ3) is 3.62. The molecule has 9 heteroatoms. The molecule has 138 valence electrons. The van der Waals surface area contributed by atoms with Gasteiger partial charge in [-0.3, -0.25) is 4.79 Å². The Morgan fingerprint density at radius 3 is 2.22 bits per heavy atom. The zero-order valence-corrected chi connectivity index (χ0v) is 13.4. The standard InChI is InChI=1S/C18H10F5N3O/c19-12-6-5-9(7-13(12)20)10-3-1-2-4-11(10)14-8-25-15(17(24)27)16(26-14)18(21,22)23/h1-8H,(H2,24,27). The highest BCUT2D eigenvalue weighted by Gasteiger charge is 2.38. The number of amides is 1. The quantitative estimate of drug-likeness (QED) is 0.694. The molecule has 0 saturated heterocycles. The number of carbonyl (C=O) groups is 1. The maximum atomic E-state index is 13.6. The molecule has 0 unspecified atom stereocenters. The Kier molecular flexibility index (Phi) is 4.61. The molecule has 2 aromatic carbocycles. The van der Waals surface area contributed by atoms with Crippen LogP contribution in [-0.4, -0.2) is 15.9 Å². The van der Waals surface area contributed by atoms with Crippen LogP contribution in [-0.2, 0) is 6.18 Å². The number of alkyl halides is 3. The number of nitrogens with two attached hydrogens (primary N) is 1. The van der Waals surface area contributed by atoms with Crippen molar-refractivity contribution in [3.63, 3.8) is 0 Å². The number of rotatable bonds is 3. The fourth-order valence-corrected chi connectivity index (χ4v) is 2.52.